The van der Waals surface area contributed by atoms with E-state index < -0.39 is 0 Å². The van der Waals surface area contributed by atoms with Crippen molar-refractivity contribution >= 4 is 11.6 Å². The Hall–Kier alpha value is -3.81. The highest BCUT2D eigenvalue weighted by atomic mass is 16.5. The van der Waals surface area contributed by atoms with Crippen LogP contribution >= 0.6 is 0 Å². The van der Waals surface area contributed by atoms with E-state index in [4.69, 9.17) is 9.47 Å². The fourth-order valence-electron chi connectivity index (χ4n) is 3.38. The molecule has 2 aromatic carbocycles. The molecule has 2 heterocycles. The molecular formula is C22H23N5O3. The molecule has 0 unspecified atom stereocenters. The summed E-state index contributed by atoms with van der Waals surface area (Å²) in [5.41, 5.74) is 4.40. The first kappa shape index (κ1) is 19.5. The molecule has 2 N–H and O–H groups in total. The molecule has 0 aliphatic heterocycles. The second kappa shape index (κ2) is 7.90. The average Bonchev–Trinajstić information content (AvgIpc) is 3.08. The van der Waals surface area contributed by atoms with Gasteiger partial charge in [0.2, 0.25) is 5.95 Å². The second-order valence-corrected chi connectivity index (χ2v) is 6.88. The third kappa shape index (κ3) is 3.59. The molecule has 2 aromatic heterocycles. The van der Waals surface area contributed by atoms with Gasteiger partial charge in [-0.2, -0.15) is 14.6 Å². The lowest BCUT2D eigenvalue weighted by Crippen LogP contribution is -2.09. The maximum Gasteiger partial charge on any atom is 0.227 e. The van der Waals surface area contributed by atoms with E-state index in [1.165, 1.54) is 0 Å². The molecule has 0 fully saturated rings. The first-order chi connectivity index (χ1) is 14.5. The Morgan fingerprint density at radius 2 is 1.70 bits per heavy atom. The van der Waals surface area contributed by atoms with Crippen LogP contribution in [-0.4, -0.2) is 38.9 Å². The minimum atomic E-state index is 0.237. The summed E-state index contributed by atoms with van der Waals surface area (Å²) in [6.45, 7) is 4.34. The van der Waals surface area contributed by atoms with Gasteiger partial charge in [0.05, 0.1) is 19.9 Å². The molecule has 8 heteroatoms. The zero-order valence-electron chi connectivity index (χ0n) is 17.3. The first-order valence-corrected chi connectivity index (χ1v) is 9.48. The predicted molar refractivity (Wildman–Crippen MR) is 114 cm³/mol. The second-order valence-electron chi connectivity index (χ2n) is 6.88. The van der Waals surface area contributed by atoms with Gasteiger partial charge in [-0.15, -0.1) is 0 Å². The van der Waals surface area contributed by atoms with Gasteiger partial charge in [-0.3, -0.25) is 0 Å². The number of methoxy groups -OCH3 is 2. The molecule has 0 atom stereocenters. The summed E-state index contributed by atoms with van der Waals surface area (Å²) in [6, 6.07) is 12.8. The van der Waals surface area contributed by atoms with Gasteiger partial charge < -0.3 is 19.9 Å². The van der Waals surface area contributed by atoms with Crippen LogP contribution in [0.25, 0.3) is 16.8 Å². The summed E-state index contributed by atoms with van der Waals surface area (Å²) in [5.74, 6) is 2.78. The van der Waals surface area contributed by atoms with E-state index in [9.17, 15) is 5.11 Å². The lowest BCUT2D eigenvalue weighted by atomic mass is 10.1. The number of hydrogen-bond donors (Lipinski definition) is 2. The van der Waals surface area contributed by atoms with E-state index in [0.717, 1.165) is 22.4 Å². The molecule has 0 spiro atoms. The monoisotopic (exact) mass is 405 g/mol. The summed E-state index contributed by atoms with van der Waals surface area (Å²) in [7, 11) is 3.23. The van der Waals surface area contributed by atoms with E-state index in [2.05, 4.69) is 20.4 Å². The number of aryl methyl sites for hydroxylation is 2. The normalized spacial score (nSPS) is 10.9. The van der Waals surface area contributed by atoms with Gasteiger partial charge in [-0.1, -0.05) is 18.2 Å². The lowest BCUT2D eigenvalue weighted by molar-refractivity contribution is 0.355. The molecule has 4 aromatic rings. The highest BCUT2D eigenvalue weighted by Crippen LogP contribution is 2.35. The van der Waals surface area contributed by atoms with Crippen molar-refractivity contribution in [3.8, 4) is 28.4 Å². The molecule has 0 bridgehead atoms. The largest absolute Gasteiger partial charge is 0.508 e. The quantitative estimate of drug-likeness (QED) is 0.505. The number of nitrogens with zero attached hydrogens (tertiary/aromatic N) is 4. The molecule has 4 rings (SSSR count). The van der Waals surface area contributed by atoms with Gasteiger partial charge in [-0.25, -0.2) is 4.98 Å². The van der Waals surface area contributed by atoms with Gasteiger partial charge in [0.1, 0.15) is 11.6 Å². The molecule has 30 heavy (non-hydrogen) atoms. The van der Waals surface area contributed by atoms with E-state index in [1.807, 2.05) is 44.2 Å². The molecule has 8 nitrogen and oxygen atoms in total. The highest BCUT2D eigenvalue weighted by Gasteiger charge is 2.18. The molecular weight excluding hydrogens is 382 g/mol. The van der Waals surface area contributed by atoms with Crippen LogP contribution in [0.4, 0.5) is 5.95 Å². The SMILES string of the molecule is COc1ccc(-c2c(C)nn3c(NCc4ccc(O)cc4)nc(C)nc23)cc1OC. The van der Waals surface area contributed by atoms with E-state index in [1.54, 1.807) is 30.9 Å². The van der Waals surface area contributed by atoms with Crippen molar-refractivity contribution in [3.05, 3.63) is 59.5 Å². The minimum Gasteiger partial charge on any atom is -0.508 e. The summed E-state index contributed by atoms with van der Waals surface area (Å²) in [6.07, 6.45) is 0. The van der Waals surface area contributed by atoms with E-state index in [0.29, 0.717) is 35.5 Å². The van der Waals surface area contributed by atoms with Crippen molar-refractivity contribution in [2.45, 2.75) is 20.4 Å². The third-order valence-corrected chi connectivity index (χ3v) is 4.83. The van der Waals surface area contributed by atoms with Crippen LogP contribution in [-0.2, 0) is 6.54 Å². The van der Waals surface area contributed by atoms with Crippen molar-refractivity contribution in [1.29, 1.82) is 0 Å². The third-order valence-electron chi connectivity index (χ3n) is 4.83. The van der Waals surface area contributed by atoms with Gasteiger partial charge in [-0.05, 0) is 49.2 Å². The maximum absolute atomic E-state index is 9.46. The fourth-order valence-corrected chi connectivity index (χ4v) is 3.38. The number of ether oxygens (including phenoxy) is 2. The number of fused-ring (bicyclic) bond motifs is 1. The number of aromatic nitrogens is 4. The van der Waals surface area contributed by atoms with Crippen molar-refractivity contribution < 1.29 is 14.6 Å². The standard InChI is InChI=1S/C22H23N5O3/c1-13-20(16-7-10-18(29-3)19(11-16)30-4)21-24-14(2)25-22(27(21)26-13)23-12-15-5-8-17(28)9-6-15/h5-11,28H,12H2,1-4H3,(H,23,24,25). The number of rotatable bonds is 6. The first-order valence-electron chi connectivity index (χ1n) is 9.48. The fraction of sp³-hybridized carbons (Fsp3) is 0.227. The maximum atomic E-state index is 9.46. The van der Waals surface area contributed by atoms with Crippen molar-refractivity contribution in [2.24, 2.45) is 0 Å². The van der Waals surface area contributed by atoms with Crippen LogP contribution in [0.2, 0.25) is 0 Å². The molecule has 0 saturated heterocycles. The molecule has 154 valence electrons. The Morgan fingerprint density at radius 3 is 2.40 bits per heavy atom. The summed E-state index contributed by atoms with van der Waals surface area (Å²) in [4.78, 5) is 9.17. The van der Waals surface area contributed by atoms with Crippen LogP contribution in [0.1, 0.15) is 17.1 Å². The Kier molecular flexibility index (Phi) is 5.14. The van der Waals surface area contributed by atoms with Gasteiger partial charge in [0.15, 0.2) is 17.1 Å². The molecule has 0 aliphatic rings. The summed E-state index contributed by atoms with van der Waals surface area (Å²) < 4.78 is 12.5. The number of phenols is 1. The zero-order valence-corrected chi connectivity index (χ0v) is 17.3. The average molecular weight is 405 g/mol. The number of hydrogen-bond acceptors (Lipinski definition) is 7. The summed E-state index contributed by atoms with van der Waals surface area (Å²) >= 11 is 0. The van der Waals surface area contributed by atoms with Crippen LogP contribution < -0.4 is 14.8 Å². The molecule has 0 aliphatic carbocycles. The van der Waals surface area contributed by atoms with Gasteiger partial charge >= 0.3 is 0 Å². The Balaban J connectivity index is 1.76. The Bertz CT molecular complexity index is 1200. The van der Waals surface area contributed by atoms with Crippen molar-refractivity contribution in [2.75, 3.05) is 19.5 Å². The number of benzene rings is 2. The van der Waals surface area contributed by atoms with Crippen molar-refractivity contribution in [1.82, 2.24) is 19.6 Å². The Labute approximate surface area is 174 Å². The minimum absolute atomic E-state index is 0.237. The Morgan fingerprint density at radius 1 is 0.967 bits per heavy atom. The zero-order chi connectivity index (χ0) is 21.3. The number of anilines is 1. The number of phenolic OH excluding ortho intramolecular Hbond substituents is 1. The van der Waals surface area contributed by atoms with E-state index in [-0.39, 0.29) is 5.75 Å². The van der Waals surface area contributed by atoms with Crippen molar-refractivity contribution in [3.63, 3.8) is 0 Å². The predicted octanol–water partition coefficient (Wildman–Crippen LogP) is 3.74. The van der Waals surface area contributed by atoms with Gasteiger partial charge in [0, 0.05) is 12.1 Å². The smallest absolute Gasteiger partial charge is 0.227 e. The van der Waals surface area contributed by atoms with Crippen LogP contribution in [0, 0.1) is 13.8 Å². The lowest BCUT2D eigenvalue weighted by Gasteiger charge is -2.10. The molecule has 0 saturated carbocycles. The van der Waals surface area contributed by atoms with Crippen LogP contribution in [0.5, 0.6) is 17.2 Å². The molecule has 0 radical (unpaired) electrons. The molecule has 0 amide bonds. The number of aromatic hydroxyl groups is 1. The highest BCUT2D eigenvalue weighted by molar-refractivity contribution is 5.81. The van der Waals surface area contributed by atoms with Crippen LogP contribution in [0.15, 0.2) is 42.5 Å². The topological polar surface area (TPSA) is 93.8 Å². The van der Waals surface area contributed by atoms with Crippen LogP contribution in [0.3, 0.4) is 0 Å². The summed E-state index contributed by atoms with van der Waals surface area (Å²) in [5, 5.41) is 17.5. The number of nitrogens with one attached hydrogen (secondary N) is 1. The van der Waals surface area contributed by atoms with Gasteiger partial charge in [0.25, 0.3) is 0 Å². The van der Waals surface area contributed by atoms with E-state index >= 15 is 0 Å².